The van der Waals surface area contributed by atoms with Crippen LogP contribution in [0.4, 0.5) is 0 Å². The number of carbonyl (C=O) groups is 1. The van der Waals surface area contributed by atoms with Gasteiger partial charge >= 0.3 is 0 Å². The van der Waals surface area contributed by atoms with Crippen molar-refractivity contribution in [1.29, 1.82) is 0 Å². The Kier molecular flexibility index (Phi) is 3.39. The van der Waals surface area contributed by atoms with Crippen molar-refractivity contribution in [3.63, 3.8) is 0 Å². The number of fused-ring (bicyclic) bond motifs is 2. The molecule has 0 aliphatic rings. The van der Waals surface area contributed by atoms with Crippen LogP contribution in [-0.4, -0.2) is 21.7 Å². The molecule has 4 aromatic rings. The molecule has 2 aromatic carbocycles. The molecule has 0 radical (unpaired) electrons. The van der Waals surface area contributed by atoms with E-state index in [4.69, 9.17) is 0 Å². The molecule has 0 spiro atoms. The van der Waals surface area contributed by atoms with Crippen molar-refractivity contribution in [1.82, 2.24) is 15.0 Å². The van der Waals surface area contributed by atoms with Crippen LogP contribution in [0, 0.1) is 0 Å². The van der Waals surface area contributed by atoms with E-state index >= 15 is 0 Å². The van der Waals surface area contributed by atoms with E-state index in [2.05, 4.69) is 21.6 Å². The van der Waals surface area contributed by atoms with Crippen molar-refractivity contribution < 1.29 is 4.79 Å². The van der Waals surface area contributed by atoms with Gasteiger partial charge in [-0.05, 0) is 18.2 Å². The Labute approximate surface area is 138 Å². The van der Waals surface area contributed by atoms with Gasteiger partial charge in [-0.15, -0.1) is 0 Å². The lowest BCUT2D eigenvalue weighted by molar-refractivity contribution is 0.0956. The van der Waals surface area contributed by atoms with E-state index in [1.807, 2.05) is 60.4 Å². The number of hydrazone groups is 1. The van der Waals surface area contributed by atoms with Gasteiger partial charge in [0.25, 0.3) is 5.91 Å². The number of hydrogen-bond acceptors (Lipinski definition) is 2. The number of aromatic amines is 1. The first-order valence-electron chi connectivity index (χ1n) is 7.67. The first-order valence-corrected chi connectivity index (χ1v) is 7.67. The molecule has 4 rings (SSSR count). The molecule has 24 heavy (non-hydrogen) atoms. The fraction of sp³-hybridized carbons (Fsp3) is 0.0526. The molecule has 0 saturated heterocycles. The van der Waals surface area contributed by atoms with E-state index in [-0.39, 0.29) is 5.91 Å². The van der Waals surface area contributed by atoms with Gasteiger partial charge in [-0.25, -0.2) is 5.43 Å². The monoisotopic (exact) mass is 316 g/mol. The molecule has 0 saturated carbocycles. The Morgan fingerprint density at radius 3 is 2.96 bits per heavy atom. The second-order valence-electron chi connectivity index (χ2n) is 5.66. The van der Waals surface area contributed by atoms with Gasteiger partial charge in [-0.1, -0.05) is 30.3 Å². The third-order valence-electron chi connectivity index (χ3n) is 4.13. The summed E-state index contributed by atoms with van der Waals surface area (Å²) in [6, 6.07) is 15.6. The SMILES string of the molecule is Cn1cc(/C=N\NC(=O)c2cccc3cc[nH]c23)c2ccccc21. The van der Waals surface area contributed by atoms with Crippen LogP contribution in [0.25, 0.3) is 21.8 Å². The number of nitrogens with one attached hydrogen (secondary N) is 2. The molecule has 2 aromatic heterocycles. The highest BCUT2D eigenvalue weighted by Gasteiger charge is 2.10. The van der Waals surface area contributed by atoms with Crippen molar-refractivity contribution in [2.75, 3.05) is 0 Å². The second-order valence-corrected chi connectivity index (χ2v) is 5.66. The maximum absolute atomic E-state index is 12.4. The molecule has 0 unspecified atom stereocenters. The van der Waals surface area contributed by atoms with Crippen LogP contribution < -0.4 is 5.43 Å². The number of hydrogen-bond donors (Lipinski definition) is 2. The van der Waals surface area contributed by atoms with Crippen LogP contribution in [0.15, 0.2) is 66.0 Å². The first-order chi connectivity index (χ1) is 11.7. The third kappa shape index (κ3) is 2.36. The molecular formula is C19H16N4O. The van der Waals surface area contributed by atoms with Crippen molar-refractivity contribution in [2.45, 2.75) is 0 Å². The lowest BCUT2D eigenvalue weighted by Gasteiger charge is -2.01. The number of carbonyl (C=O) groups excluding carboxylic acids is 1. The zero-order valence-electron chi connectivity index (χ0n) is 13.2. The van der Waals surface area contributed by atoms with Gasteiger partial charge in [0.1, 0.15) is 0 Å². The standard InChI is InChI=1S/C19H16N4O/c1-23-12-14(15-6-2-3-8-17(15)23)11-21-22-19(24)16-7-4-5-13-9-10-20-18(13)16/h2-12,20H,1H3,(H,22,24)/b21-11-. The molecule has 5 nitrogen and oxygen atoms in total. The maximum Gasteiger partial charge on any atom is 0.273 e. The lowest BCUT2D eigenvalue weighted by Crippen LogP contribution is -2.17. The summed E-state index contributed by atoms with van der Waals surface area (Å²) in [5.41, 5.74) is 6.09. The number of amides is 1. The number of aryl methyl sites for hydroxylation is 1. The Morgan fingerprint density at radius 1 is 1.17 bits per heavy atom. The summed E-state index contributed by atoms with van der Waals surface area (Å²) in [6.45, 7) is 0. The number of benzene rings is 2. The lowest BCUT2D eigenvalue weighted by atomic mass is 10.1. The summed E-state index contributed by atoms with van der Waals surface area (Å²) in [4.78, 5) is 15.5. The Morgan fingerprint density at radius 2 is 2.04 bits per heavy atom. The van der Waals surface area contributed by atoms with E-state index in [9.17, 15) is 4.79 Å². The molecule has 0 bridgehead atoms. The van der Waals surface area contributed by atoms with Gasteiger partial charge in [0.05, 0.1) is 17.3 Å². The Balaban J connectivity index is 1.59. The van der Waals surface area contributed by atoms with Crippen molar-refractivity contribution >= 4 is 33.9 Å². The minimum atomic E-state index is -0.237. The molecule has 2 heterocycles. The third-order valence-corrected chi connectivity index (χ3v) is 4.13. The van der Waals surface area contributed by atoms with Crippen molar-refractivity contribution in [3.05, 3.63) is 72.1 Å². The minimum absolute atomic E-state index is 0.237. The number of aromatic nitrogens is 2. The molecule has 5 heteroatoms. The van der Waals surface area contributed by atoms with Gasteiger partial charge in [-0.3, -0.25) is 4.79 Å². The molecular weight excluding hydrogens is 300 g/mol. The number of nitrogens with zero attached hydrogens (tertiary/aromatic N) is 2. The van der Waals surface area contributed by atoms with Gasteiger partial charge in [-0.2, -0.15) is 5.10 Å². The largest absolute Gasteiger partial charge is 0.361 e. The maximum atomic E-state index is 12.4. The minimum Gasteiger partial charge on any atom is -0.361 e. The quantitative estimate of drug-likeness (QED) is 0.441. The summed E-state index contributed by atoms with van der Waals surface area (Å²) in [5, 5.41) is 6.22. The number of para-hydroxylation sites is 2. The van der Waals surface area contributed by atoms with E-state index < -0.39 is 0 Å². The van der Waals surface area contributed by atoms with Gasteiger partial charge in [0, 0.05) is 41.3 Å². The normalized spacial score (nSPS) is 11.5. The Bertz CT molecular complexity index is 1070. The predicted molar refractivity (Wildman–Crippen MR) is 96.3 cm³/mol. The van der Waals surface area contributed by atoms with E-state index in [0.717, 1.165) is 27.4 Å². The highest BCUT2D eigenvalue weighted by Crippen LogP contribution is 2.19. The average molecular weight is 316 g/mol. The first kappa shape index (κ1) is 14.3. The van der Waals surface area contributed by atoms with E-state index in [1.54, 1.807) is 12.3 Å². The van der Waals surface area contributed by atoms with Crippen LogP contribution in [-0.2, 0) is 7.05 Å². The van der Waals surface area contributed by atoms with Crippen LogP contribution in [0.2, 0.25) is 0 Å². The fourth-order valence-corrected chi connectivity index (χ4v) is 2.97. The van der Waals surface area contributed by atoms with Crippen LogP contribution >= 0.6 is 0 Å². The number of rotatable bonds is 3. The molecule has 1 amide bonds. The molecule has 0 aliphatic carbocycles. The van der Waals surface area contributed by atoms with Crippen molar-refractivity contribution in [2.24, 2.45) is 12.1 Å². The smallest absolute Gasteiger partial charge is 0.273 e. The fourth-order valence-electron chi connectivity index (χ4n) is 2.97. The van der Waals surface area contributed by atoms with Crippen LogP contribution in [0.5, 0.6) is 0 Å². The molecule has 118 valence electrons. The summed E-state index contributed by atoms with van der Waals surface area (Å²) in [6.07, 6.45) is 5.49. The summed E-state index contributed by atoms with van der Waals surface area (Å²) >= 11 is 0. The summed E-state index contributed by atoms with van der Waals surface area (Å²) in [5.74, 6) is -0.237. The highest BCUT2D eigenvalue weighted by molar-refractivity contribution is 6.06. The predicted octanol–water partition coefficient (Wildman–Crippen LogP) is 3.42. The molecule has 0 atom stereocenters. The molecule has 0 fully saturated rings. The van der Waals surface area contributed by atoms with E-state index in [1.165, 1.54) is 0 Å². The van der Waals surface area contributed by atoms with Gasteiger partial charge in [0.15, 0.2) is 0 Å². The van der Waals surface area contributed by atoms with Crippen LogP contribution in [0.1, 0.15) is 15.9 Å². The zero-order valence-corrected chi connectivity index (χ0v) is 13.2. The zero-order chi connectivity index (χ0) is 16.5. The average Bonchev–Trinajstić information content (AvgIpc) is 3.20. The Hall–Kier alpha value is -3.34. The van der Waals surface area contributed by atoms with Gasteiger partial charge in [0.2, 0.25) is 0 Å². The van der Waals surface area contributed by atoms with E-state index in [0.29, 0.717) is 5.56 Å². The second kappa shape index (κ2) is 5.70. The van der Waals surface area contributed by atoms with Crippen molar-refractivity contribution in [3.8, 4) is 0 Å². The summed E-state index contributed by atoms with van der Waals surface area (Å²) in [7, 11) is 1.99. The highest BCUT2D eigenvalue weighted by atomic mass is 16.2. The molecule has 2 N–H and O–H groups in total. The van der Waals surface area contributed by atoms with Crippen LogP contribution in [0.3, 0.4) is 0 Å². The topological polar surface area (TPSA) is 62.2 Å². The number of H-pyrrole nitrogens is 1. The molecule has 0 aliphatic heterocycles. The van der Waals surface area contributed by atoms with Gasteiger partial charge < -0.3 is 9.55 Å². The summed E-state index contributed by atoms with van der Waals surface area (Å²) < 4.78 is 2.04.